The van der Waals surface area contributed by atoms with E-state index in [-0.39, 0.29) is 11.9 Å². The van der Waals surface area contributed by atoms with Crippen molar-refractivity contribution in [1.82, 2.24) is 0 Å². The van der Waals surface area contributed by atoms with Crippen molar-refractivity contribution in [3.05, 3.63) is 59.2 Å². The average molecular weight is 278 g/mol. The number of carbonyl (C=O) groups excluding carboxylic acids is 1. The molecule has 21 heavy (non-hydrogen) atoms. The van der Waals surface area contributed by atoms with Gasteiger partial charge in [0.15, 0.2) is 0 Å². The number of rotatable bonds is 1. The second-order valence-corrected chi connectivity index (χ2v) is 5.60. The molecule has 1 aliphatic carbocycles. The van der Waals surface area contributed by atoms with Crippen LogP contribution in [0.1, 0.15) is 23.6 Å². The minimum Gasteiger partial charge on any atom is -0.444 e. The number of hydrogen-bond acceptors (Lipinski definition) is 3. The molecule has 1 amide bonds. The molecule has 0 radical (unpaired) electrons. The predicted octanol–water partition coefficient (Wildman–Crippen LogP) is 2.34. The van der Waals surface area contributed by atoms with Gasteiger partial charge in [0, 0.05) is 5.56 Å². The number of amidine groups is 1. The van der Waals surface area contributed by atoms with Gasteiger partial charge in [-0.2, -0.15) is 4.99 Å². The third kappa shape index (κ3) is 1.62. The first-order valence-corrected chi connectivity index (χ1v) is 6.87. The van der Waals surface area contributed by atoms with Gasteiger partial charge in [-0.25, -0.2) is 0 Å². The summed E-state index contributed by atoms with van der Waals surface area (Å²) in [7, 11) is 0. The maximum absolute atomic E-state index is 12.0. The number of amides is 1. The zero-order valence-corrected chi connectivity index (χ0v) is 11.6. The van der Waals surface area contributed by atoms with Crippen LogP contribution in [-0.2, 0) is 21.6 Å². The number of aliphatic imine (C=N–C) groups is 1. The first-order valence-electron chi connectivity index (χ1n) is 6.87. The molecule has 0 saturated carbocycles. The van der Waals surface area contributed by atoms with E-state index in [0.29, 0.717) is 0 Å². The molecule has 2 N–H and O–H groups in total. The SMILES string of the molecule is CC1(c2ccc3c(c2)Cc2ccccc2-3)OC(N)=NC1=O. The number of nitrogens with zero attached hydrogens (tertiary/aromatic N) is 1. The quantitative estimate of drug-likeness (QED) is 0.743. The molecule has 1 unspecified atom stereocenters. The summed E-state index contributed by atoms with van der Waals surface area (Å²) in [4.78, 5) is 15.7. The molecule has 2 aliphatic rings. The van der Waals surface area contributed by atoms with Crippen molar-refractivity contribution in [2.45, 2.75) is 18.9 Å². The van der Waals surface area contributed by atoms with Crippen LogP contribution in [0.15, 0.2) is 47.5 Å². The molecule has 104 valence electrons. The molecular formula is C17H14N2O2. The van der Waals surface area contributed by atoms with Gasteiger partial charge in [-0.1, -0.05) is 42.5 Å². The lowest BCUT2D eigenvalue weighted by Gasteiger charge is -2.22. The Morgan fingerprint density at radius 3 is 2.67 bits per heavy atom. The number of fused-ring (bicyclic) bond motifs is 3. The normalized spacial score (nSPS) is 22.5. The van der Waals surface area contributed by atoms with E-state index in [1.54, 1.807) is 6.92 Å². The van der Waals surface area contributed by atoms with Crippen molar-refractivity contribution in [3.63, 3.8) is 0 Å². The van der Waals surface area contributed by atoms with Crippen molar-refractivity contribution >= 4 is 11.9 Å². The molecule has 0 bridgehead atoms. The van der Waals surface area contributed by atoms with Gasteiger partial charge >= 0.3 is 0 Å². The van der Waals surface area contributed by atoms with E-state index < -0.39 is 5.60 Å². The fourth-order valence-electron chi connectivity index (χ4n) is 3.11. The minimum atomic E-state index is -1.10. The molecule has 4 rings (SSSR count). The molecular weight excluding hydrogens is 264 g/mol. The average Bonchev–Trinajstić information content (AvgIpc) is 2.96. The standard InChI is InChI=1S/C17H14N2O2/c1-17(15(20)19-16(18)21-17)12-6-7-14-11(9-12)8-10-4-2-3-5-13(10)14/h2-7,9H,8H2,1H3,(H2,18,19,20). The van der Waals surface area contributed by atoms with Crippen LogP contribution in [0.25, 0.3) is 11.1 Å². The van der Waals surface area contributed by atoms with E-state index in [1.807, 2.05) is 30.3 Å². The predicted molar refractivity (Wildman–Crippen MR) is 79.8 cm³/mol. The van der Waals surface area contributed by atoms with Crippen LogP contribution in [0.5, 0.6) is 0 Å². The van der Waals surface area contributed by atoms with Gasteiger partial charge < -0.3 is 10.5 Å². The Morgan fingerprint density at radius 1 is 1.14 bits per heavy atom. The fourth-order valence-corrected chi connectivity index (χ4v) is 3.11. The summed E-state index contributed by atoms with van der Waals surface area (Å²) in [6.45, 7) is 1.71. The monoisotopic (exact) mass is 278 g/mol. The van der Waals surface area contributed by atoms with Crippen LogP contribution < -0.4 is 5.73 Å². The second-order valence-electron chi connectivity index (χ2n) is 5.60. The minimum absolute atomic E-state index is 0.0636. The Kier molecular flexibility index (Phi) is 2.28. The van der Waals surface area contributed by atoms with E-state index in [2.05, 4.69) is 17.1 Å². The summed E-state index contributed by atoms with van der Waals surface area (Å²) in [5.74, 6) is -0.351. The van der Waals surface area contributed by atoms with E-state index in [9.17, 15) is 4.79 Å². The summed E-state index contributed by atoms with van der Waals surface area (Å²) in [6.07, 6.45) is 0.875. The Hall–Kier alpha value is -2.62. The molecule has 1 atom stereocenters. The summed E-state index contributed by atoms with van der Waals surface area (Å²) in [5.41, 5.74) is 10.2. The fraction of sp³-hybridized carbons (Fsp3) is 0.176. The molecule has 0 aromatic heterocycles. The second kappa shape index (κ2) is 3.95. The molecule has 1 aliphatic heterocycles. The number of ether oxygens (including phenoxy) is 1. The first-order chi connectivity index (χ1) is 10.1. The highest BCUT2D eigenvalue weighted by atomic mass is 16.5. The van der Waals surface area contributed by atoms with Crippen LogP contribution >= 0.6 is 0 Å². The molecule has 0 saturated heterocycles. The number of hydrogen-bond donors (Lipinski definition) is 1. The van der Waals surface area contributed by atoms with Crippen LogP contribution in [-0.4, -0.2) is 11.9 Å². The van der Waals surface area contributed by atoms with Crippen LogP contribution in [0.4, 0.5) is 0 Å². The van der Waals surface area contributed by atoms with E-state index >= 15 is 0 Å². The summed E-state index contributed by atoms with van der Waals surface area (Å²) >= 11 is 0. The van der Waals surface area contributed by atoms with Gasteiger partial charge in [-0.3, -0.25) is 4.79 Å². The van der Waals surface area contributed by atoms with E-state index in [4.69, 9.17) is 10.5 Å². The Labute approximate surface area is 122 Å². The van der Waals surface area contributed by atoms with Gasteiger partial charge in [0.2, 0.25) is 5.60 Å². The third-order valence-electron chi connectivity index (χ3n) is 4.27. The number of nitrogens with two attached hydrogens (primary N) is 1. The van der Waals surface area contributed by atoms with Crippen molar-refractivity contribution < 1.29 is 9.53 Å². The molecule has 1 heterocycles. The lowest BCUT2D eigenvalue weighted by molar-refractivity contribution is -0.130. The third-order valence-corrected chi connectivity index (χ3v) is 4.27. The van der Waals surface area contributed by atoms with Gasteiger partial charge in [-0.05, 0) is 35.6 Å². The molecule has 0 spiro atoms. The highest BCUT2D eigenvalue weighted by Crippen LogP contribution is 2.40. The molecule has 0 fully saturated rings. The van der Waals surface area contributed by atoms with Crippen LogP contribution in [0.2, 0.25) is 0 Å². The number of carbonyl (C=O) groups is 1. The number of benzene rings is 2. The Balaban J connectivity index is 1.79. The zero-order valence-electron chi connectivity index (χ0n) is 11.6. The van der Waals surface area contributed by atoms with Crippen LogP contribution in [0, 0.1) is 0 Å². The highest BCUT2D eigenvalue weighted by molar-refractivity contribution is 6.01. The van der Waals surface area contributed by atoms with Crippen molar-refractivity contribution in [2.24, 2.45) is 10.7 Å². The maximum atomic E-state index is 12.0. The largest absolute Gasteiger partial charge is 0.444 e. The molecule has 2 aromatic carbocycles. The summed E-state index contributed by atoms with van der Waals surface area (Å²) in [6, 6.07) is 14.3. The first kappa shape index (κ1) is 12.1. The van der Waals surface area contributed by atoms with E-state index in [1.165, 1.54) is 22.3 Å². The summed E-state index contributed by atoms with van der Waals surface area (Å²) in [5, 5.41) is 0. The Morgan fingerprint density at radius 2 is 1.90 bits per heavy atom. The Bertz CT molecular complexity index is 810. The van der Waals surface area contributed by atoms with Crippen molar-refractivity contribution in [2.75, 3.05) is 0 Å². The maximum Gasteiger partial charge on any atom is 0.298 e. The lowest BCUT2D eigenvalue weighted by Crippen LogP contribution is -2.32. The molecule has 4 nitrogen and oxygen atoms in total. The molecule has 4 heteroatoms. The zero-order chi connectivity index (χ0) is 14.6. The topological polar surface area (TPSA) is 64.7 Å². The van der Waals surface area contributed by atoms with E-state index in [0.717, 1.165) is 12.0 Å². The summed E-state index contributed by atoms with van der Waals surface area (Å²) < 4.78 is 5.46. The smallest absolute Gasteiger partial charge is 0.298 e. The van der Waals surface area contributed by atoms with Gasteiger partial charge in [0.05, 0.1) is 0 Å². The lowest BCUT2D eigenvalue weighted by atomic mass is 9.92. The van der Waals surface area contributed by atoms with Gasteiger partial charge in [0.1, 0.15) is 0 Å². The van der Waals surface area contributed by atoms with Crippen LogP contribution in [0.3, 0.4) is 0 Å². The molecule has 2 aromatic rings. The highest BCUT2D eigenvalue weighted by Gasteiger charge is 2.43. The van der Waals surface area contributed by atoms with Crippen molar-refractivity contribution in [3.8, 4) is 11.1 Å². The van der Waals surface area contributed by atoms with Gasteiger partial charge in [0.25, 0.3) is 11.9 Å². The van der Waals surface area contributed by atoms with Crippen molar-refractivity contribution in [1.29, 1.82) is 0 Å². The van der Waals surface area contributed by atoms with Gasteiger partial charge in [-0.15, -0.1) is 0 Å².